The molecule has 0 saturated heterocycles. The van der Waals surface area contributed by atoms with Crippen molar-refractivity contribution in [3.63, 3.8) is 0 Å². The van der Waals surface area contributed by atoms with Gasteiger partial charge in [-0.05, 0) is 30.9 Å². The van der Waals surface area contributed by atoms with Crippen LogP contribution in [-0.2, 0) is 9.53 Å². The summed E-state index contributed by atoms with van der Waals surface area (Å²) in [6.45, 7) is 6.54. The molecule has 0 saturated carbocycles. The van der Waals surface area contributed by atoms with E-state index in [-0.39, 0.29) is 11.8 Å². The van der Waals surface area contributed by atoms with E-state index in [1.54, 1.807) is 37.3 Å². The molecule has 3 heteroatoms. The lowest BCUT2D eigenvalue weighted by Crippen LogP contribution is -2.14. The number of hydrogen-bond acceptors (Lipinski definition) is 3. The molecular weight excluding hydrogens is 348 g/mol. The van der Waals surface area contributed by atoms with Crippen LogP contribution in [0.4, 0.5) is 0 Å². The van der Waals surface area contributed by atoms with Crippen LogP contribution in [0.2, 0.25) is 0 Å². The number of benzene rings is 2. The first-order valence-electron chi connectivity index (χ1n) is 10.1. The van der Waals surface area contributed by atoms with Gasteiger partial charge in [-0.15, -0.1) is 0 Å². The SMILES string of the molecule is CCCCC(CC)COC(=O)/C(C)=C/c1ccc(C(=O)c2ccccc2)cc1. The summed E-state index contributed by atoms with van der Waals surface area (Å²) in [5, 5.41) is 0. The molecule has 2 rings (SSSR count). The molecule has 0 radical (unpaired) electrons. The Hall–Kier alpha value is -2.68. The van der Waals surface area contributed by atoms with Crippen LogP contribution >= 0.6 is 0 Å². The first kappa shape index (κ1) is 21.6. The Kier molecular flexibility index (Phi) is 8.67. The molecule has 0 N–H and O–H groups in total. The van der Waals surface area contributed by atoms with Crippen LogP contribution in [0, 0.1) is 5.92 Å². The number of ether oxygens (including phenoxy) is 1. The second-order valence-electron chi connectivity index (χ2n) is 7.16. The Morgan fingerprint density at radius 1 is 0.964 bits per heavy atom. The third kappa shape index (κ3) is 6.49. The molecule has 0 fully saturated rings. The Balaban J connectivity index is 1.96. The highest BCUT2D eigenvalue weighted by Crippen LogP contribution is 2.16. The second-order valence-corrected chi connectivity index (χ2v) is 7.16. The summed E-state index contributed by atoms with van der Waals surface area (Å²) in [7, 11) is 0. The van der Waals surface area contributed by atoms with Crippen molar-refractivity contribution in [3.05, 3.63) is 76.9 Å². The lowest BCUT2D eigenvalue weighted by atomic mass is 10.0. The number of rotatable bonds is 10. The van der Waals surface area contributed by atoms with Gasteiger partial charge < -0.3 is 4.74 Å². The predicted octanol–water partition coefficient (Wildman–Crippen LogP) is 6.08. The largest absolute Gasteiger partial charge is 0.462 e. The van der Waals surface area contributed by atoms with Gasteiger partial charge >= 0.3 is 5.97 Å². The van der Waals surface area contributed by atoms with Crippen molar-refractivity contribution in [1.82, 2.24) is 0 Å². The number of hydrogen-bond donors (Lipinski definition) is 0. The maximum Gasteiger partial charge on any atom is 0.333 e. The van der Waals surface area contributed by atoms with Crippen LogP contribution in [0.3, 0.4) is 0 Å². The molecule has 0 heterocycles. The molecule has 1 atom stereocenters. The molecular formula is C25H30O3. The zero-order chi connectivity index (χ0) is 20.4. The highest BCUT2D eigenvalue weighted by Gasteiger charge is 2.12. The molecule has 0 aliphatic heterocycles. The third-order valence-corrected chi connectivity index (χ3v) is 4.91. The Labute approximate surface area is 168 Å². The smallest absolute Gasteiger partial charge is 0.333 e. The average Bonchev–Trinajstić information content (AvgIpc) is 2.74. The summed E-state index contributed by atoms with van der Waals surface area (Å²) < 4.78 is 5.48. The summed E-state index contributed by atoms with van der Waals surface area (Å²) in [5.74, 6) is 0.143. The van der Waals surface area contributed by atoms with Gasteiger partial charge in [0.2, 0.25) is 0 Å². The van der Waals surface area contributed by atoms with E-state index >= 15 is 0 Å². The maximum absolute atomic E-state index is 12.5. The van der Waals surface area contributed by atoms with E-state index in [4.69, 9.17) is 4.74 Å². The zero-order valence-electron chi connectivity index (χ0n) is 17.1. The lowest BCUT2D eigenvalue weighted by Gasteiger charge is -2.14. The Bertz CT molecular complexity index is 788. The summed E-state index contributed by atoms with van der Waals surface area (Å²) in [6.07, 6.45) is 6.24. The minimum atomic E-state index is -0.278. The van der Waals surface area contributed by atoms with E-state index < -0.39 is 0 Å². The minimum Gasteiger partial charge on any atom is -0.462 e. The molecule has 0 amide bonds. The first-order valence-corrected chi connectivity index (χ1v) is 10.1. The molecule has 0 spiro atoms. The Morgan fingerprint density at radius 2 is 1.61 bits per heavy atom. The van der Waals surface area contributed by atoms with E-state index in [1.165, 1.54) is 6.42 Å². The molecule has 3 nitrogen and oxygen atoms in total. The van der Waals surface area contributed by atoms with Crippen LogP contribution in [0.1, 0.15) is 67.9 Å². The van der Waals surface area contributed by atoms with E-state index in [0.717, 1.165) is 24.8 Å². The highest BCUT2D eigenvalue weighted by molar-refractivity contribution is 6.09. The molecule has 0 bridgehead atoms. The van der Waals surface area contributed by atoms with Gasteiger partial charge in [0.05, 0.1) is 6.61 Å². The molecule has 0 aromatic heterocycles. The van der Waals surface area contributed by atoms with Crippen molar-refractivity contribution in [2.24, 2.45) is 5.92 Å². The van der Waals surface area contributed by atoms with Crippen molar-refractivity contribution in [2.75, 3.05) is 6.61 Å². The maximum atomic E-state index is 12.5. The standard InChI is InChI=1S/C25H30O3/c1-4-6-10-20(5-2)18-28-25(27)19(3)17-21-13-15-23(16-14-21)24(26)22-11-8-7-9-12-22/h7-9,11-17,20H,4-6,10,18H2,1-3H3/b19-17+. The predicted molar refractivity (Wildman–Crippen MR) is 114 cm³/mol. The molecule has 2 aromatic rings. The van der Waals surface area contributed by atoms with Crippen LogP contribution in [0.5, 0.6) is 0 Å². The molecule has 0 aliphatic carbocycles. The zero-order valence-corrected chi connectivity index (χ0v) is 17.1. The van der Waals surface area contributed by atoms with Crippen molar-refractivity contribution in [3.8, 4) is 0 Å². The highest BCUT2D eigenvalue weighted by atomic mass is 16.5. The van der Waals surface area contributed by atoms with Gasteiger partial charge in [-0.1, -0.05) is 87.7 Å². The van der Waals surface area contributed by atoms with Crippen molar-refractivity contribution in [2.45, 2.75) is 46.5 Å². The van der Waals surface area contributed by atoms with Crippen LogP contribution in [-0.4, -0.2) is 18.4 Å². The summed E-state index contributed by atoms with van der Waals surface area (Å²) in [6, 6.07) is 16.5. The van der Waals surface area contributed by atoms with E-state index in [2.05, 4.69) is 13.8 Å². The van der Waals surface area contributed by atoms with Gasteiger partial charge in [0, 0.05) is 16.7 Å². The van der Waals surface area contributed by atoms with Crippen molar-refractivity contribution < 1.29 is 14.3 Å². The Morgan fingerprint density at radius 3 is 2.21 bits per heavy atom. The fourth-order valence-corrected chi connectivity index (χ4v) is 3.00. The topological polar surface area (TPSA) is 43.4 Å². The number of unbranched alkanes of at least 4 members (excludes halogenated alkanes) is 1. The van der Waals surface area contributed by atoms with Crippen LogP contribution in [0.25, 0.3) is 6.08 Å². The van der Waals surface area contributed by atoms with Crippen molar-refractivity contribution >= 4 is 17.8 Å². The van der Waals surface area contributed by atoms with Gasteiger partial charge in [-0.2, -0.15) is 0 Å². The van der Waals surface area contributed by atoms with Crippen molar-refractivity contribution in [1.29, 1.82) is 0 Å². The van der Waals surface area contributed by atoms with E-state index in [0.29, 0.717) is 29.2 Å². The van der Waals surface area contributed by atoms with Crippen LogP contribution < -0.4 is 0 Å². The summed E-state index contributed by atoms with van der Waals surface area (Å²) in [4.78, 5) is 24.7. The van der Waals surface area contributed by atoms with Gasteiger partial charge in [-0.25, -0.2) is 4.79 Å². The van der Waals surface area contributed by atoms with Crippen LogP contribution in [0.15, 0.2) is 60.2 Å². The molecule has 0 aliphatic rings. The van der Waals surface area contributed by atoms with Gasteiger partial charge in [0.25, 0.3) is 0 Å². The summed E-state index contributed by atoms with van der Waals surface area (Å²) in [5.41, 5.74) is 2.73. The average molecular weight is 379 g/mol. The lowest BCUT2D eigenvalue weighted by molar-refractivity contribution is -0.140. The fourth-order valence-electron chi connectivity index (χ4n) is 3.00. The second kappa shape index (κ2) is 11.2. The fraction of sp³-hybridized carbons (Fsp3) is 0.360. The minimum absolute atomic E-state index is 0.00931. The normalized spacial score (nSPS) is 12.5. The molecule has 28 heavy (non-hydrogen) atoms. The van der Waals surface area contributed by atoms with E-state index in [9.17, 15) is 9.59 Å². The quantitative estimate of drug-likeness (QED) is 0.286. The molecule has 1 unspecified atom stereocenters. The van der Waals surface area contributed by atoms with Gasteiger partial charge in [0.1, 0.15) is 0 Å². The summed E-state index contributed by atoms with van der Waals surface area (Å²) >= 11 is 0. The number of carbonyl (C=O) groups excluding carboxylic acids is 2. The first-order chi connectivity index (χ1) is 13.5. The third-order valence-electron chi connectivity index (χ3n) is 4.91. The molecule has 2 aromatic carbocycles. The number of ketones is 1. The van der Waals surface area contributed by atoms with E-state index in [1.807, 2.05) is 30.3 Å². The van der Waals surface area contributed by atoms with Gasteiger partial charge in [-0.3, -0.25) is 4.79 Å². The number of carbonyl (C=O) groups is 2. The molecule has 148 valence electrons. The van der Waals surface area contributed by atoms with Gasteiger partial charge in [0.15, 0.2) is 5.78 Å². The monoisotopic (exact) mass is 378 g/mol. The number of esters is 1.